The summed E-state index contributed by atoms with van der Waals surface area (Å²) in [6.45, 7) is 1.33. The number of carbonyl (C=O) groups is 1. The third-order valence-electron chi connectivity index (χ3n) is 3.51. The largest absolute Gasteiger partial charge is 0.421 e. The third kappa shape index (κ3) is 6.87. The number of halogens is 5. The molecule has 1 rings (SSSR count). The average Bonchev–Trinajstić information content (AvgIpc) is 2.53. The Morgan fingerprint density at radius 3 is 2.12 bits per heavy atom. The predicted octanol–water partition coefficient (Wildman–Crippen LogP) is 3.79. The standard InChI is InChI=1S/C16H20Cl2F3NO2/c17-8-10-22(11-9-18)13-6-4-12(5-7-13)2-1-3-14(23)15(24)16(19,20)21/h4-7,15,24H,1-3,8-11H2. The van der Waals surface area contributed by atoms with Crippen molar-refractivity contribution in [1.29, 1.82) is 0 Å². The summed E-state index contributed by atoms with van der Waals surface area (Å²) in [4.78, 5) is 13.3. The van der Waals surface area contributed by atoms with Gasteiger partial charge in [0.25, 0.3) is 0 Å². The highest BCUT2D eigenvalue weighted by atomic mass is 35.5. The van der Waals surface area contributed by atoms with E-state index in [1.807, 2.05) is 29.2 Å². The van der Waals surface area contributed by atoms with E-state index in [0.717, 1.165) is 11.3 Å². The van der Waals surface area contributed by atoms with Crippen LogP contribution in [-0.2, 0) is 11.2 Å². The molecule has 0 amide bonds. The Kier molecular flexibility index (Phi) is 8.87. The minimum Gasteiger partial charge on any atom is -0.377 e. The summed E-state index contributed by atoms with van der Waals surface area (Å²) in [5.74, 6) is -0.251. The molecule has 1 N–H and O–H groups in total. The Bertz CT molecular complexity index is 503. The van der Waals surface area contributed by atoms with E-state index in [0.29, 0.717) is 31.3 Å². The number of aliphatic hydroxyl groups is 1. The number of aryl methyl sites for hydroxylation is 1. The van der Waals surface area contributed by atoms with Gasteiger partial charge in [0.1, 0.15) is 0 Å². The molecule has 1 unspecified atom stereocenters. The fourth-order valence-electron chi connectivity index (χ4n) is 2.23. The molecule has 0 fully saturated rings. The highest BCUT2D eigenvalue weighted by Crippen LogP contribution is 2.22. The molecule has 24 heavy (non-hydrogen) atoms. The van der Waals surface area contributed by atoms with Gasteiger partial charge in [-0.3, -0.25) is 4.79 Å². The lowest BCUT2D eigenvalue weighted by atomic mass is 10.0. The van der Waals surface area contributed by atoms with Gasteiger partial charge in [0, 0.05) is 37.0 Å². The van der Waals surface area contributed by atoms with E-state index in [1.165, 1.54) is 0 Å². The first kappa shape index (κ1) is 21.1. The third-order valence-corrected chi connectivity index (χ3v) is 3.85. The van der Waals surface area contributed by atoms with Gasteiger partial charge in [-0.05, 0) is 30.5 Å². The number of carbonyl (C=O) groups excluding carboxylic acids is 1. The fourth-order valence-corrected chi connectivity index (χ4v) is 2.64. The first-order valence-electron chi connectivity index (χ1n) is 7.53. The summed E-state index contributed by atoms with van der Waals surface area (Å²) < 4.78 is 36.6. The van der Waals surface area contributed by atoms with Crippen molar-refractivity contribution < 1.29 is 23.1 Å². The maximum absolute atomic E-state index is 12.2. The first-order chi connectivity index (χ1) is 11.3. The SMILES string of the molecule is O=C(CCCc1ccc(N(CCCl)CCCl)cc1)C(O)C(F)(F)F. The summed E-state index contributed by atoms with van der Waals surface area (Å²) in [5.41, 5.74) is 1.87. The van der Waals surface area contributed by atoms with E-state index < -0.39 is 18.1 Å². The number of hydrogen-bond acceptors (Lipinski definition) is 3. The van der Waals surface area contributed by atoms with Crippen molar-refractivity contribution in [3.8, 4) is 0 Å². The molecule has 0 saturated heterocycles. The van der Waals surface area contributed by atoms with Gasteiger partial charge in [0.15, 0.2) is 5.78 Å². The number of ketones is 1. The predicted molar refractivity (Wildman–Crippen MR) is 90.1 cm³/mol. The van der Waals surface area contributed by atoms with Crippen molar-refractivity contribution in [2.45, 2.75) is 31.5 Å². The van der Waals surface area contributed by atoms with Crippen LogP contribution in [-0.4, -0.2) is 48.0 Å². The van der Waals surface area contributed by atoms with Gasteiger partial charge in [-0.15, -0.1) is 23.2 Å². The Morgan fingerprint density at radius 2 is 1.67 bits per heavy atom. The number of hydrogen-bond donors (Lipinski definition) is 1. The van der Waals surface area contributed by atoms with Crippen LogP contribution < -0.4 is 4.90 Å². The summed E-state index contributed by atoms with van der Waals surface area (Å²) in [5, 5.41) is 8.85. The summed E-state index contributed by atoms with van der Waals surface area (Å²) >= 11 is 11.5. The molecule has 0 aliphatic rings. The Hall–Kier alpha value is -0.980. The second kappa shape index (κ2) is 10.1. The number of Topliss-reactive ketones (excluding diaryl/α,β-unsaturated/α-hetero) is 1. The lowest BCUT2D eigenvalue weighted by Gasteiger charge is -2.23. The summed E-state index contributed by atoms with van der Waals surface area (Å²) in [6, 6.07) is 7.49. The molecular weight excluding hydrogens is 366 g/mol. The van der Waals surface area contributed by atoms with Crippen LogP contribution in [0, 0.1) is 0 Å². The van der Waals surface area contributed by atoms with Gasteiger partial charge in [0.2, 0.25) is 6.10 Å². The van der Waals surface area contributed by atoms with Crippen LogP contribution >= 0.6 is 23.2 Å². The van der Waals surface area contributed by atoms with Gasteiger partial charge < -0.3 is 10.0 Å². The van der Waals surface area contributed by atoms with Crippen molar-refractivity contribution in [3.63, 3.8) is 0 Å². The van der Waals surface area contributed by atoms with E-state index >= 15 is 0 Å². The van der Waals surface area contributed by atoms with Crippen LogP contribution in [0.15, 0.2) is 24.3 Å². The number of rotatable bonds is 10. The zero-order valence-electron chi connectivity index (χ0n) is 13.0. The van der Waals surface area contributed by atoms with E-state index in [9.17, 15) is 18.0 Å². The molecule has 0 spiro atoms. The summed E-state index contributed by atoms with van der Waals surface area (Å²) in [6.07, 6.45) is -7.39. The highest BCUT2D eigenvalue weighted by Gasteiger charge is 2.42. The monoisotopic (exact) mass is 385 g/mol. The van der Waals surface area contributed by atoms with E-state index in [1.54, 1.807) is 0 Å². The lowest BCUT2D eigenvalue weighted by molar-refractivity contribution is -0.203. The highest BCUT2D eigenvalue weighted by molar-refractivity contribution is 6.18. The minimum atomic E-state index is -4.90. The second-order valence-electron chi connectivity index (χ2n) is 5.30. The molecule has 1 aromatic carbocycles. The van der Waals surface area contributed by atoms with Crippen molar-refractivity contribution >= 4 is 34.7 Å². The van der Waals surface area contributed by atoms with Crippen molar-refractivity contribution in [1.82, 2.24) is 0 Å². The summed E-state index contributed by atoms with van der Waals surface area (Å²) in [7, 11) is 0. The number of nitrogens with zero attached hydrogens (tertiary/aromatic N) is 1. The number of aliphatic hydroxyl groups excluding tert-OH is 1. The molecule has 8 heteroatoms. The molecule has 1 aromatic rings. The first-order valence-corrected chi connectivity index (χ1v) is 8.59. The molecule has 0 aliphatic heterocycles. The van der Waals surface area contributed by atoms with E-state index in [4.69, 9.17) is 28.3 Å². The zero-order valence-corrected chi connectivity index (χ0v) is 14.5. The van der Waals surface area contributed by atoms with Gasteiger partial charge in [0.05, 0.1) is 0 Å². The number of benzene rings is 1. The van der Waals surface area contributed by atoms with Crippen molar-refractivity contribution in [3.05, 3.63) is 29.8 Å². The fraction of sp³-hybridized carbons (Fsp3) is 0.562. The van der Waals surface area contributed by atoms with Gasteiger partial charge in [-0.25, -0.2) is 0 Å². The topological polar surface area (TPSA) is 40.5 Å². The Balaban J connectivity index is 2.51. The molecule has 0 saturated carbocycles. The molecule has 0 radical (unpaired) electrons. The van der Waals surface area contributed by atoms with Crippen LogP contribution in [0.5, 0.6) is 0 Å². The van der Waals surface area contributed by atoms with Gasteiger partial charge >= 0.3 is 6.18 Å². The number of alkyl halides is 5. The molecule has 0 bridgehead atoms. The molecule has 3 nitrogen and oxygen atoms in total. The lowest BCUT2D eigenvalue weighted by Crippen LogP contribution is -2.36. The number of anilines is 1. The van der Waals surface area contributed by atoms with Gasteiger partial charge in [-0.1, -0.05) is 12.1 Å². The second-order valence-corrected chi connectivity index (χ2v) is 6.05. The smallest absolute Gasteiger partial charge is 0.377 e. The minimum absolute atomic E-state index is 0.248. The average molecular weight is 386 g/mol. The molecular formula is C16H20Cl2F3NO2. The Labute approximate surface area is 149 Å². The Morgan fingerprint density at radius 1 is 1.12 bits per heavy atom. The normalized spacial score (nSPS) is 12.9. The van der Waals surface area contributed by atoms with Crippen LogP contribution in [0.25, 0.3) is 0 Å². The van der Waals surface area contributed by atoms with E-state index in [2.05, 4.69) is 0 Å². The van der Waals surface area contributed by atoms with Crippen LogP contribution in [0.1, 0.15) is 18.4 Å². The van der Waals surface area contributed by atoms with E-state index in [-0.39, 0.29) is 12.8 Å². The van der Waals surface area contributed by atoms with Crippen molar-refractivity contribution in [2.24, 2.45) is 0 Å². The molecule has 1 atom stereocenters. The van der Waals surface area contributed by atoms with Crippen LogP contribution in [0.2, 0.25) is 0 Å². The molecule has 0 aromatic heterocycles. The quantitative estimate of drug-likeness (QED) is 0.623. The van der Waals surface area contributed by atoms with Crippen molar-refractivity contribution in [2.75, 3.05) is 29.7 Å². The molecule has 0 aliphatic carbocycles. The molecule has 0 heterocycles. The molecule has 136 valence electrons. The van der Waals surface area contributed by atoms with Crippen LogP contribution in [0.4, 0.5) is 18.9 Å². The zero-order chi connectivity index (χ0) is 18.2. The maximum atomic E-state index is 12.2. The maximum Gasteiger partial charge on any atom is 0.421 e. The van der Waals surface area contributed by atoms with Gasteiger partial charge in [-0.2, -0.15) is 13.2 Å². The van der Waals surface area contributed by atoms with Crippen LogP contribution in [0.3, 0.4) is 0 Å².